The lowest BCUT2D eigenvalue weighted by molar-refractivity contribution is -0.138. The van der Waals surface area contributed by atoms with Crippen LogP contribution in [0, 0.1) is 0 Å². The van der Waals surface area contributed by atoms with Crippen molar-refractivity contribution in [1.82, 2.24) is 4.98 Å². The number of carboxylic acids is 1. The lowest BCUT2D eigenvalue weighted by Crippen LogP contribution is -2.20. The van der Waals surface area contributed by atoms with E-state index < -0.39 is 12.0 Å². The average Bonchev–Trinajstić information content (AvgIpc) is 2.78. The molecule has 1 aromatic heterocycles. The van der Waals surface area contributed by atoms with Gasteiger partial charge in [-0.3, -0.25) is 4.79 Å². The molecule has 1 atom stereocenters. The molecule has 0 aliphatic carbocycles. The number of aliphatic carboxylic acids is 1. The third kappa shape index (κ3) is 2.71. The molecule has 88 valence electrons. The normalized spacial score (nSPS) is 12.4. The van der Waals surface area contributed by atoms with E-state index in [0.29, 0.717) is 5.69 Å². The fourth-order valence-corrected chi connectivity index (χ4v) is 2.41. The number of rotatable bonds is 3. The van der Waals surface area contributed by atoms with Gasteiger partial charge in [-0.2, -0.15) is 0 Å². The molecule has 1 aromatic carbocycles. The summed E-state index contributed by atoms with van der Waals surface area (Å²) >= 11 is 4.74. The lowest BCUT2D eigenvalue weighted by Gasteiger charge is -2.00. The van der Waals surface area contributed by atoms with Gasteiger partial charge in [0.05, 0.1) is 5.69 Å². The van der Waals surface area contributed by atoms with Gasteiger partial charge in [0.2, 0.25) is 0 Å². The van der Waals surface area contributed by atoms with E-state index in [2.05, 4.69) is 20.9 Å². The minimum Gasteiger partial charge on any atom is -0.480 e. The Morgan fingerprint density at radius 2 is 2.06 bits per heavy atom. The Bertz CT molecular complexity index is 539. The lowest BCUT2D eigenvalue weighted by atomic mass is 10.2. The predicted octanol–water partition coefficient (Wildman–Crippen LogP) is 2.66. The minimum atomic E-state index is -1.07. The van der Waals surface area contributed by atoms with Crippen LogP contribution in [0.2, 0.25) is 0 Å². The van der Waals surface area contributed by atoms with Gasteiger partial charge in [0.1, 0.15) is 11.0 Å². The van der Waals surface area contributed by atoms with E-state index >= 15 is 0 Å². The van der Waals surface area contributed by atoms with Gasteiger partial charge in [0.25, 0.3) is 0 Å². The summed E-state index contributed by atoms with van der Waals surface area (Å²) in [5, 5.41) is 11.2. The standard InChI is InChI=1S/C11H9BrN2O2S/c12-7-3-1-6(2-4-7)10-14-8(5-17-10)9(13)11(15)16/h1-5,9H,13H2,(H,15,16). The van der Waals surface area contributed by atoms with E-state index in [9.17, 15) is 4.79 Å². The molecule has 0 fully saturated rings. The van der Waals surface area contributed by atoms with Gasteiger partial charge in [-0.15, -0.1) is 11.3 Å². The minimum absolute atomic E-state index is 0.389. The molecular formula is C11H9BrN2O2S. The maximum absolute atomic E-state index is 10.7. The summed E-state index contributed by atoms with van der Waals surface area (Å²) in [6.45, 7) is 0. The third-order valence-corrected chi connectivity index (χ3v) is 3.64. The zero-order valence-corrected chi connectivity index (χ0v) is 11.0. The van der Waals surface area contributed by atoms with Crippen LogP contribution in [0.15, 0.2) is 34.1 Å². The van der Waals surface area contributed by atoms with E-state index in [1.54, 1.807) is 5.38 Å². The predicted molar refractivity (Wildman–Crippen MR) is 69.8 cm³/mol. The van der Waals surface area contributed by atoms with Gasteiger partial charge in [0.15, 0.2) is 0 Å². The van der Waals surface area contributed by atoms with Crippen molar-refractivity contribution in [2.75, 3.05) is 0 Å². The number of carboxylic acid groups (broad SMARTS) is 1. The van der Waals surface area contributed by atoms with Crippen LogP contribution in [0.4, 0.5) is 0 Å². The van der Waals surface area contributed by atoms with Crippen molar-refractivity contribution in [3.05, 3.63) is 39.8 Å². The van der Waals surface area contributed by atoms with Crippen molar-refractivity contribution in [3.63, 3.8) is 0 Å². The Morgan fingerprint density at radius 1 is 1.41 bits per heavy atom. The first-order valence-corrected chi connectivity index (χ1v) is 6.45. The molecule has 0 amide bonds. The number of halogens is 1. The number of benzene rings is 1. The van der Waals surface area contributed by atoms with Crippen molar-refractivity contribution in [3.8, 4) is 10.6 Å². The molecule has 17 heavy (non-hydrogen) atoms. The Morgan fingerprint density at radius 3 is 2.65 bits per heavy atom. The molecule has 1 heterocycles. The third-order valence-electron chi connectivity index (χ3n) is 2.20. The fourth-order valence-electron chi connectivity index (χ4n) is 1.28. The smallest absolute Gasteiger partial charge is 0.326 e. The van der Waals surface area contributed by atoms with E-state index in [-0.39, 0.29) is 0 Å². The highest BCUT2D eigenvalue weighted by Gasteiger charge is 2.17. The Balaban J connectivity index is 2.29. The number of thiazole rings is 1. The van der Waals surface area contributed by atoms with Crippen LogP contribution >= 0.6 is 27.3 Å². The molecule has 2 aromatic rings. The molecule has 4 nitrogen and oxygen atoms in total. The number of hydrogen-bond acceptors (Lipinski definition) is 4. The summed E-state index contributed by atoms with van der Waals surface area (Å²) < 4.78 is 0.986. The SMILES string of the molecule is NC(C(=O)O)c1csc(-c2ccc(Br)cc2)n1. The molecule has 3 N–H and O–H groups in total. The zero-order chi connectivity index (χ0) is 12.4. The van der Waals surface area contributed by atoms with E-state index in [0.717, 1.165) is 15.0 Å². The Hall–Kier alpha value is -1.24. The zero-order valence-electron chi connectivity index (χ0n) is 8.63. The van der Waals surface area contributed by atoms with Gasteiger partial charge < -0.3 is 10.8 Å². The number of carbonyl (C=O) groups is 1. The summed E-state index contributed by atoms with van der Waals surface area (Å²) in [6, 6.07) is 6.59. The average molecular weight is 313 g/mol. The number of aromatic nitrogens is 1. The van der Waals surface area contributed by atoms with E-state index in [1.807, 2.05) is 24.3 Å². The highest BCUT2D eigenvalue weighted by molar-refractivity contribution is 9.10. The van der Waals surface area contributed by atoms with Gasteiger partial charge in [0, 0.05) is 15.4 Å². The van der Waals surface area contributed by atoms with Crippen molar-refractivity contribution in [2.24, 2.45) is 5.73 Å². The monoisotopic (exact) mass is 312 g/mol. The van der Waals surface area contributed by atoms with Crippen molar-refractivity contribution in [2.45, 2.75) is 6.04 Å². The van der Waals surface area contributed by atoms with Crippen molar-refractivity contribution in [1.29, 1.82) is 0 Å². The summed E-state index contributed by atoms with van der Waals surface area (Å²) in [5.74, 6) is -1.07. The van der Waals surface area contributed by atoms with E-state index in [4.69, 9.17) is 10.8 Å². The molecule has 6 heteroatoms. The van der Waals surface area contributed by atoms with E-state index in [1.165, 1.54) is 11.3 Å². The van der Waals surface area contributed by atoms with Crippen LogP contribution in [-0.4, -0.2) is 16.1 Å². The van der Waals surface area contributed by atoms with Crippen molar-refractivity contribution >= 4 is 33.2 Å². The first kappa shape index (κ1) is 12.2. The number of nitrogens with zero attached hydrogens (tertiary/aromatic N) is 1. The summed E-state index contributed by atoms with van der Waals surface area (Å²) in [6.07, 6.45) is 0. The number of nitrogens with two attached hydrogens (primary N) is 1. The molecule has 2 rings (SSSR count). The van der Waals surface area contributed by atoms with Crippen LogP contribution in [-0.2, 0) is 4.79 Å². The molecule has 0 aliphatic heterocycles. The topological polar surface area (TPSA) is 76.2 Å². The Labute approximate surface area is 110 Å². The highest BCUT2D eigenvalue weighted by atomic mass is 79.9. The van der Waals surface area contributed by atoms with Gasteiger partial charge in [-0.25, -0.2) is 4.98 Å². The molecule has 0 bridgehead atoms. The largest absolute Gasteiger partial charge is 0.480 e. The summed E-state index contributed by atoms with van der Waals surface area (Å²) in [7, 11) is 0. The van der Waals surface area contributed by atoms with Crippen LogP contribution < -0.4 is 5.73 Å². The number of hydrogen-bond donors (Lipinski definition) is 2. The second-order valence-corrected chi connectivity index (χ2v) is 5.17. The first-order chi connectivity index (χ1) is 8.08. The molecule has 0 aliphatic rings. The molecule has 1 unspecified atom stereocenters. The fraction of sp³-hybridized carbons (Fsp3) is 0.0909. The molecule has 0 saturated heterocycles. The Kier molecular flexibility index (Phi) is 3.56. The summed E-state index contributed by atoms with van der Waals surface area (Å²) in [4.78, 5) is 15.0. The molecule has 0 radical (unpaired) electrons. The molecule has 0 saturated carbocycles. The highest BCUT2D eigenvalue weighted by Crippen LogP contribution is 2.26. The molecule has 0 spiro atoms. The van der Waals surface area contributed by atoms with Gasteiger partial charge >= 0.3 is 5.97 Å². The van der Waals surface area contributed by atoms with Gasteiger partial charge in [-0.05, 0) is 12.1 Å². The maximum atomic E-state index is 10.7. The van der Waals surface area contributed by atoms with Crippen LogP contribution in [0.3, 0.4) is 0 Å². The van der Waals surface area contributed by atoms with Crippen LogP contribution in [0.5, 0.6) is 0 Å². The second kappa shape index (κ2) is 4.95. The summed E-state index contributed by atoms with van der Waals surface area (Å²) in [5.41, 5.74) is 6.83. The first-order valence-electron chi connectivity index (χ1n) is 4.77. The maximum Gasteiger partial charge on any atom is 0.326 e. The quantitative estimate of drug-likeness (QED) is 0.913. The van der Waals surface area contributed by atoms with Gasteiger partial charge in [-0.1, -0.05) is 28.1 Å². The van der Waals surface area contributed by atoms with Crippen molar-refractivity contribution < 1.29 is 9.90 Å². The van der Waals surface area contributed by atoms with Crippen LogP contribution in [0.25, 0.3) is 10.6 Å². The van der Waals surface area contributed by atoms with Crippen LogP contribution in [0.1, 0.15) is 11.7 Å². The second-order valence-electron chi connectivity index (χ2n) is 3.40. The molecular weight excluding hydrogens is 304 g/mol.